The van der Waals surface area contributed by atoms with Crippen LogP contribution in [0.5, 0.6) is 5.75 Å². The number of carbonyl (C=O) groups excluding carboxylic acids is 4. The Kier molecular flexibility index (Phi) is 10.2. The number of hydrogen-bond donors (Lipinski definition) is 3. The number of carbonyl (C=O) groups is 4. The molecule has 0 radical (unpaired) electrons. The first-order valence-corrected chi connectivity index (χ1v) is 12.8. The Morgan fingerprint density at radius 2 is 1.92 bits per heavy atom. The van der Waals surface area contributed by atoms with E-state index in [0.717, 1.165) is 0 Å². The molecule has 3 N–H and O–H groups in total. The van der Waals surface area contributed by atoms with Crippen molar-refractivity contribution in [3.05, 3.63) is 65.5 Å². The first-order chi connectivity index (χ1) is 18.2. The Hall–Kier alpha value is -3.95. The van der Waals surface area contributed by atoms with Crippen LogP contribution in [-0.2, 0) is 20.8 Å². The van der Waals surface area contributed by atoms with Gasteiger partial charge in [0.1, 0.15) is 30.3 Å². The summed E-state index contributed by atoms with van der Waals surface area (Å²) in [6.45, 7) is 4.36. The molecule has 0 spiro atoms. The van der Waals surface area contributed by atoms with Crippen LogP contribution < -0.4 is 20.7 Å². The molecule has 1 aliphatic rings. The Labute approximate surface area is 222 Å². The van der Waals surface area contributed by atoms with Crippen molar-refractivity contribution in [1.82, 2.24) is 20.9 Å². The van der Waals surface area contributed by atoms with Crippen LogP contribution in [0.3, 0.4) is 0 Å². The molecule has 0 fully saturated rings. The highest BCUT2D eigenvalue weighted by Gasteiger charge is 2.32. The molecule has 0 saturated heterocycles. The third-order valence-corrected chi connectivity index (χ3v) is 6.60. The average Bonchev–Trinajstić information content (AvgIpc) is 2.90. The third kappa shape index (κ3) is 7.77. The Balaban J connectivity index is 1.83. The van der Waals surface area contributed by atoms with Crippen molar-refractivity contribution in [3.63, 3.8) is 0 Å². The molecule has 10 heteroatoms. The van der Waals surface area contributed by atoms with E-state index in [-0.39, 0.29) is 49.3 Å². The van der Waals surface area contributed by atoms with E-state index in [4.69, 9.17) is 4.74 Å². The maximum atomic E-state index is 13.5. The van der Waals surface area contributed by atoms with Crippen molar-refractivity contribution in [2.75, 3.05) is 26.7 Å². The highest BCUT2D eigenvalue weighted by atomic mass is 19.1. The van der Waals surface area contributed by atoms with Crippen molar-refractivity contribution in [2.45, 2.75) is 45.2 Å². The van der Waals surface area contributed by atoms with Gasteiger partial charge in [0.25, 0.3) is 5.91 Å². The van der Waals surface area contributed by atoms with E-state index in [1.807, 2.05) is 13.8 Å². The Morgan fingerprint density at radius 3 is 2.66 bits per heavy atom. The number of nitrogens with zero attached hydrogens (tertiary/aromatic N) is 1. The normalized spacial score (nSPS) is 19.8. The van der Waals surface area contributed by atoms with Gasteiger partial charge in [-0.25, -0.2) is 4.39 Å². The summed E-state index contributed by atoms with van der Waals surface area (Å²) in [4.78, 5) is 54.0. The second-order valence-corrected chi connectivity index (χ2v) is 9.44. The molecule has 204 valence electrons. The van der Waals surface area contributed by atoms with Crippen LogP contribution in [-0.4, -0.2) is 67.4 Å². The maximum absolute atomic E-state index is 13.5. The maximum Gasteiger partial charge on any atom is 0.255 e. The summed E-state index contributed by atoms with van der Waals surface area (Å²) in [5, 5.41) is 8.13. The Morgan fingerprint density at radius 1 is 1.16 bits per heavy atom. The summed E-state index contributed by atoms with van der Waals surface area (Å²) in [5.41, 5.74) is 0.900. The van der Waals surface area contributed by atoms with Gasteiger partial charge in [-0.1, -0.05) is 44.5 Å². The van der Waals surface area contributed by atoms with Gasteiger partial charge in [-0.2, -0.15) is 0 Å². The van der Waals surface area contributed by atoms with Crippen LogP contribution in [0.4, 0.5) is 4.39 Å². The van der Waals surface area contributed by atoms with Gasteiger partial charge in [-0.15, -0.1) is 0 Å². The predicted octanol–water partition coefficient (Wildman–Crippen LogP) is 2.05. The molecule has 3 atom stereocenters. The molecule has 0 bridgehead atoms. The fourth-order valence-corrected chi connectivity index (χ4v) is 4.11. The van der Waals surface area contributed by atoms with Crippen molar-refractivity contribution < 1.29 is 28.3 Å². The zero-order valence-corrected chi connectivity index (χ0v) is 22.0. The number of amides is 4. The van der Waals surface area contributed by atoms with Crippen LogP contribution in [0.25, 0.3) is 0 Å². The molecule has 0 aliphatic carbocycles. The van der Waals surface area contributed by atoms with Crippen molar-refractivity contribution >= 4 is 23.6 Å². The largest absolute Gasteiger partial charge is 0.491 e. The lowest BCUT2D eigenvalue weighted by Gasteiger charge is -2.29. The van der Waals surface area contributed by atoms with E-state index in [1.54, 1.807) is 43.4 Å². The molecule has 1 aliphatic heterocycles. The molecule has 3 rings (SSSR count). The second kappa shape index (κ2) is 13.6. The minimum Gasteiger partial charge on any atom is -0.491 e. The van der Waals surface area contributed by atoms with Gasteiger partial charge in [0.2, 0.25) is 17.7 Å². The second-order valence-electron chi connectivity index (χ2n) is 9.44. The molecule has 9 nitrogen and oxygen atoms in total. The molecule has 1 heterocycles. The molecule has 4 amide bonds. The van der Waals surface area contributed by atoms with E-state index in [1.165, 1.54) is 17.0 Å². The van der Waals surface area contributed by atoms with Crippen molar-refractivity contribution in [1.29, 1.82) is 0 Å². The lowest BCUT2D eigenvalue weighted by atomic mass is 9.97. The molecule has 2 aromatic rings. The van der Waals surface area contributed by atoms with E-state index in [9.17, 15) is 23.6 Å². The zero-order valence-electron chi connectivity index (χ0n) is 22.0. The fourth-order valence-electron chi connectivity index (χ4n) is 4.11. The Bertz CT molecular complexity index is 1160. The van der Waals surface area contributed by atoms with Gasteiger partial charge in [0, 0.05) is 13.6 Å². The van der Waals surface area contributed by atoms with Crippen LogP contribution >= 0.6 is 0 Å². The number of nitrogens with one attached hydrogen (secondary N) is 3. The fraction of sp³-hybridized carbons (Fsp3) is 0.429. The molecular weight excluding hydrogens is 491 g/mol. The summed E-state index contributed by atoms with van der Waals surface area (Å²) >= 11 is 0. The predicted molar refractivity (Wildman–Crippen MR) is 140 cm³/mol. The van der Waals surface area contributed by atoms with Gasteiger partial charge in [-0.3, -0.25) is 19.2 Å². The quantitative estimate of drug-likeness (QED) is 0.533. The number of likely N-dealkylation sites (N-methyl/N-ethyl adjacent to an activating group) is 1. The highest BCUT2D eigenvalue weighted by Crippen LogP contribution is 2.19. The van der Waals surface area contributed by atoms with Gasteiger partial charge in [0.15, 0.2) is 0 Å². The van der Waals surface area contributed by atoms with Gasteiger partial charge >= 0.3 is 0 Å². The molecule has 38 heavy (non-hydrogen) atoms. The lowest BCUT2D eigenvalue weighted by Crippen LogP contribution is -2.54. The van der Waals surface area contributed by atoms with E-state index in [2.05, 4.69) is 16.0 Å². The molecule has 2 aromatic carbocycles. The van der Waals surface area contributed by atoms with E-state index in [0.29, 0.717) is 24.2 Å². The number of hydrogen-bond acceptors (Lipinski definition) is 5. The van der Waals surface area contributed by atoms with Crippen LogP contribution in [0.1, 0.15) is 42.6 Å². The van der Waals surface area contributed by atoms with Crippen molar-refractivity contribution in [2.24, 2.45) is 5.92 Å². The van der Waals surface area contributed by atoms with Crippen LogP contribution in [0.15, 0.2) is 48.5 Å². The minimum absolute atomic E-state index is 0.137. The van der Waals surface area contributed by atoms with Gasteiger partial charge in [0.05, 0.1) is 18.5 Å². The summed E-state index contributed by atoms with van der Waals surface area (Å²) in [6, 6.07) is 10.6. The topological polar surface area (TPSA) is 117 Å². The summed E-state index contributed by atoms with van der Waals surface area (Å²) in [7, 11) is 1.63. The number of benzene rings is 2. The molecule has 0 aromatic heterocycles. The van der Waals surface area contributed by atoms with Crippen LogP contribution in [0.2, 0.25) is 0 Å². The number of para-hydroxylation sites is 1. The number of fused-ring (bicyclic) bond motifs is 1. The number of rotatable bonds is 6. The highest BCUT2D eigenvalue weighted by molar-refractivity contribution is 6.01. The smallest absolute Gasteiger partial charge is 0.255 e. The third-order valence-electron chi connectivity index (χ3n) is 6.60. The van der Waals surface area contributed by atoms with E-state index >= 15 is 0 Å². The average molecular weight is 527 g/mol. The zero-order chi connectivity index (χ0) is 27.7. The first kappa shape index (κ1) is 28.6. The first-order valence-electron chi connectivity index (χ1n) is 12.8. The summed E-state index contributed by atoms with van der Waals surface area (Å²) in [6.07, 6.45) is 0.642. The molecule has 0 saturated carbocycles. The van der Waals surface area contributed by atoms with Gasteiger partial charge < -0.3 is 25.6 Å². The number of ether oxygens (including phenoxy) is 1. The summed E-state index contributed by atoms with van der Waals surface area (Å²) < 4.78 is 19.3. The monoisotopic (exact) mass is 526 g/mol. The summed E-state index contributed by atoms with van der Waals surface area (Å²) in [5.74, 6) is -2.17. The minimum atomic E-state index is -1.21. The SMILES string of the molecule is CC[C@@H](C)[C@@H]1NC(=O)C[C@@H](C(=O)NCCc2cccc(F)c2)NC(=O)c2ccccc2OCCN(C)C1=O. The van der Waals surface area contributed by atoms with E-state index < -0.39 is 29.8 Å². The molecule has 0 unspecified atom stereocenters. The standard InChI is InChI=1S/C28H35FN4O5/c1-4-18(2)25-28(37)33(3)14-15-38-23-11-6-5-10-21(23)26(35)31-22(17-24(34)32-25)27(36)30-13-12-19-8-7-9-20(29)16-19/h5-11,16,18,22,25H,4,12-15,17H2,1-3H3,(H,30,36)(H,31,35)(H,32,34)/t18-,22+,25+/m1/s1. The number of halogens is 1. The lowest BCUT2D eigenvalue weighted by molar-refractivity contribution is -0.137. The molecular formula is C28H35FN4O5. The van der Waals surface area contributed by atoms with Crippen molar-refractivity contribution in [3.8, 4) is 5.75 Å². The van der Waals surface area contributed by atoms with Gasteiger partial charge in [-0.05, 0) is 42.2 Å². The van der Waals surface area contributed by atoms with Crippen LogP contribution in [0, 0.1) is 11.7 Å².